The van der Waals surface area contributed by atoms with Crippen LogP contribution in [0.15, 0.2) is 53.3 Å². The van der Waals surface area contributed by atoms with Crippen molar-refractivity contribution in [2.24, 2.45) is 0 Å². The van der Waals surface area contributed by atoms with E-state index in [1.807, 2.05) is 22.9 Å². The van der Waals surface area contributed by atoms with Gasteiger partial charge in [-0.25, -0.2) is 9.67 Å². The summed E-state index contributed by atoms with van der Waals surface area (Å²) in [7, 11) is 0. The highest BCUT2D eigenvalue weighted by atomic mass is 32.1. The number of nitrogens with one attached hydrogen (secondary N) is 3. The number of rotatable bonds is 7. The molecule has 0 radical (unpaired) electrons. The Kier molecular flexibility index (Phi) is 5.87. The second-order valence-corrected chi connectivity index (χ2v) is 7.67. The fourth-order valence-corrected chi connectivity index (χ4v) is 3.66. The number of quaternary nitrogens is 1. The predicted molar refractivity (Wildman–Crippen MR) is 120 cm³/mol. The van der Waals surface area contributed by atoms with E-state index in [9.17, 15) is 4.79 Å². The van der Waals surface area contributed by atoms with Crippen LogP contribution >= 0.6 is 12.2 Å². The van der Waals surface area contributed by atoms with E-state index >= 15 is 0 Å². The van der Waals surface area contributed by atoms with Gasteiger partial charge >= 0.3 is 0 Å². The molecule has 1 atom stereocenters. The Morgan fingerprint density at radius 1 is 1.07 bits per heavy atom. The standard InChI is InChI=1S/C22H24N6OS/c1-3-15-9-11-16(12-10-15)20-25-22(30)28(26-20)14-27(4-2)13-19-23-18-8-6-5-7-17(18)21(29)24-19/h5-12H,3-4,13-14H2,1-2H3,(H,23,24,29)(H,25,26,30)/p+1. The van der Waals surface area contributed by atoms with Gasteiger partial charge in [0.25, 0.3) is 5.56 Å². The van der Waals surface area contributed by atoms with Gasteiger partial charge < -0.3 is 9.88 Å². The van der Waals surface area contributed by atoms with Crippen LogP contribution in [0.3, 0.4) is 0 Å². The van der Waals surface area contributed by atoms with E-state index in [0.29, 0.717) is 34.7 Å². The van der Waals surface area contributed by atoms with Crippen molar-refractivity contribution in [3.8, 4) is 11.4 Å². The molecule has 154 valence electrons. The number of nitrogens with zero attached hydrogens (tertiary/aromatic N) is 3. The third kappa shape index (κ3) is 4.24. The summed E-state index contributed by atoms with van der Waals surface area (Å²) in [5.74, 6) is 1.42. The number of para-hydroxylation sites is 1. The molecular weight excluding hydrogens is 396 g/mol. The molecule has 0 saturated heterocycles. The van der Waals surface area contributed by atoms with Crippen molar-refractivity contribution in [1.29, 1.82) is 0 Å². The molecule has 0 fully saturated rings. The minimum absolute atomic E-state index is 0.109. The van der Waals surface area contributed by atoms with Crippen molar-refractivity contribution in [1.82, 2.24) is 24.7 Å². The molecular formula is C22H25N6OS+. The monoisotopic (exact) mass is 421 g/mol. The van der Waals surface area contributed by atoms with Crippen molar-refractivity contribution < 1.29 is 4.90 Å². The average molecular weight is 422 g/mol. The van der Waals surface area contributed by atoms with Crippen molar-refractivity contribution >= 4 is 23.1 Å². The molecule has 30 heavy (non-hydrogen) atoms. The molecule has 0 aliphatic rings. The van der Waals surface area contributed by atoms with Crippen LogP contribution in [0.25, 0.3) is 22.3 Å². The highest BCUT2D eigenvalue weighted by molar-refractivity contribution is 7.71. The van der Waals surface area contributed by atoms with Crippen molar-refractivity contribution in [3.63, 3.8) is 0 Å². The summed E-state index contributed by atoms with van der Waals surface area (Å²) in [5, 5.41) is 3.92. The first-order valence-corrected chi connectivity index (χ1v) is 10.6. The van der Waals surface area contributed by atoms with E-state index in [4.69, 9.17) is 12.2 Å². The van der Waals surface area contributed by atoms with Gasteiger partial charge in [-0.15, -0.1) is 0 Å². The molecule has 7 nitrogen and oxygen atoms in total. The quantitative estimate of drug-likeness (QED) is 0.400. The van der Waals surface area contributed by atoms with E-state index in [0.717, 1.165) is 24.4 Å². The summed E-state index contributed by atoms with van der Waals surface area (Å²) in [4.78, 5) is 25.6. The number of aromatic nitrogens is 5. The van der Waals surface area contributed by atoms with Gasteiger partial charge in [0.15, 0.2) is 18.3 Å². The highest BCUT2D eigenvalue weighted by Crippen LogP contribution is 2.15. The van der Waals surface area contributed by atoms with Crippen molar-refractivity contribution in [2.45, 2.75) is 33.5 Å². The Morgan fingerprint density at radius 2 is 1.83 bits per heavy atom. The van der Waals surface area contributed by atoms with Crippen molar-refractivity contribution in [2.75, 3.05) is 6.54 Å². The largest absolute Gasteiger partial charge is 0.310 e. The van der Waals surface area contributed by atoms with Crippen LogP contribution in [0.1, 0.15) is 25.2 Å². The van der Waals surface area contributed by atoms with Crippen LogP contribution in [0, 0.1) is 4.77 Å². The van der Waals surface area contributed by atoms with Gasteiger partial charge in [0.05, 0.1) is 17.4 Å². The molecule has 0 amide bonds. The Bertz CT molecular complexity index is 1270. The lowest BCUT2D eigenvalue weighted by Crippen LogP contribution is -3.09. The van der Waals surface area contributed by atoms with Crippen molar-refractivity contribution in [3.05, 3.63) is 75.0 Å². The summed E-state index contributed by atoms with van der Waals surface area (Å²) in [5.41, 5.74) is 2.90. The van der Waals surface area contributed by atoms with Gasteiger partial charge in [0.1, 0.15) is 6.54 Å². The Balaban J connectivity index is 1.55. The predicted octanol–water partition coefficient (Wildman–Crippen LogP) is 2.47. The first-order valence-electron chi connectivity index (χ1n) is 10.1. The Morgan fingerprint density at radius 3 is 2.57 bits per heavy atom. The fraction of sp³-hybridized carbons (Fsp3) is 0.273. The summed E-state index contributed by atoms with van der Waals surface area (Å²) >= 11 is 5.47. The molecule has 0 bridgehead atoms. The van der Waals surface area contributed by atoms with Crippen LogP contribution in [0.2, 0.25) is 0 Å². The van der Waals surface area contributed by atoms with Gasteiger partial charge in [-0.3, -0.25) is 9.89 Å². The first-order chi connectivity index (χ1) is 14.6. The van der Waals surface area contributed by atoms with Gasteiger partial charge in [-0.05, 0) is 43.3 Å². The number of aromatic amines is 2. The Labute approximate surface area is 179 Å². The zero-order valence-electron chi connectivity index (χ0n) is 17.1. The van der Waals surface area contributed by atoms with E-state index in [1.165, 1.54) is 10.5 Å². The number of benzene rings is 2. The fourth-order valence-electron chi connectivity index (χ4n) is 3.46. The summed E-state index contributed by atoms with van der Waals surface area (Å²) in [6.07, 6.45) is 1.00. The van der Waals surface area contributed by atoms with Crippen LogP contribution in [-0.4, -0.2) is 31.3 Å². The van der Waals surface area contributed by atoms with Crippen LogP contribution < -0.4 is 10.5 Å². The molecule has 8 heteroatoms. The van der Waals surface area contributed by atoms with Crippen LogP contribution in [0.4, 0.5) is 0 Å². The molecule has 0 spiro atoms. The van der Waals surface area contributed by atoms with Gasteiger partial charge in [0.2, 0.25) is 4.77 Å². The third-order valence-electron chi connectivity index (χ3n) is 5.28. The maximum atomic E-state index is 12.3. The minimum Gasteiger partial charge on any atom is -0.310 e. The maximum Gasteiger partial charge on any atom is 0.258 e. The molecule has 0 aliphatic carbocycles. The number of hydrogen-bond acceptors (Lipinski definition) is 4. The van der Waals surface area contributed by atoms with Gasteiger partial charge in [-0.2, -0.15) is 4.98 Å². The highest BCUT2D eigenvalue weighted by Gasteiger charge is 2.14. The lowest BCUT2D eigenvalue weighted by atomic mass is 10.1. The number of aryl methyl sites for hydroxylation is 1. The minimum atomic E-state index is -0.109. The van der Waals surface area contributed by atoms with E-state index in [2.05, 4.69) is 58.2 Å². The lowest BCUT2D eigenvalue weighted by molar-refractivity contribution is -0.935. The molecule has 0 aliphatic heterocycles. The number of H-pyrrole nitrogens is 2. The Hall–Kier alpha value is -3.10. The second-order valence-electron chi connectivity index (χ2n) is 7.30. The van der Waals surface area contributed by atoms with E-state index in [1.54, 1.807) is 6.07 Å². The lowest BCUT2D eigenvalue weighted by Gasteiger charge is -2.17. The zero-order valence-corrected chi connectivity index (χ0v) is 17.9. The second kappa shape index (κ2) is 8.73. The maximum absolute atomic E-state index is 12.3. The van der Waals surface area contributed by atoms with Gasteiger partial charge in [0, 0.05) is 5.56 Å². The number of fused-ring (bicyclic) bond motifs is 1. The zero-order chi connectivity index (χ0) is 21.1. The molecule has 4 rings (SSSR count). The third-order valence-corrected chi connectivity index (χ3v) is 5.59. The summed E-state index contributed by atoms with van der Waals surface area (Å²) < 4.78 is 2.38. The van der Waals surface area contributed by atoms with Gasteiger partial charge in [-0.1, -0.05) is 43.3 Å². The summed E-state index contributed by atoms with van der Waals surface area (Å²) in [6.45, 7) is 6.26. The summed E-state index contributed by atoms with van der Waals surface area (Å²) in [6, 6.07) is 15.7. The molecule has 2 aromatic heterocycles. The molecule has 0 saturated carbocycles. The van der Waals surface area contributed by atoms with E-state index in [-0.39, 0.29) is 5.56 Å². The molecule has 2 heterocycles. The topological polar surface area (TPSA) is 83.8 Å². The van der Waals surface area contributed by atoms with Crippen LogP contribution in [0.5, 0.6) is 0 Å². The van der Waals surface area contributed by atoms with E-state index < -0.39 is 0 Å². The first kappa shape index (κ1) is 20.2. The average Bonchev–Trinajstić information content (AvgIpc) is 3.13. The normalized spacial score (nSPS) is 12.3. The van der Waals surface area contributed by atoms with Crippen LogP contribution in [-0.2, 0) is 19.6 Å². The smallest absolute Gasteiger partial charge is 0.258 e. The molecule has 3 N–H and O–H groups in total. The molecule has 2 aromatic carbocycles. The molecule has 4 aromatic rings. The SMILES string of the molecule is CCc1ccc(-c2nc(=S)n(C[NH+](CC)Cc3nc4ccccc4c(=O)[nH]3)[nH]2)cc1. The molecule has 1 unspecified atom stereocenters. The number of hydrogen-bond donors (Lipinski definition) is 3.